The molecule has 0 atom stereocenters. The molecule has 4 rings (SSSR count). The molecule has 2 aromatic carbocycles. The third kappa shape index (κ3) is 6.42. The van der Waals surface area contributed by atoms with Crippen LogP contribution in [0.4, 0.5) is 5.69 Å². The third-order valence-electron chi connectivity index (χ3n) is 6.33. The number of rotatable bonds is 13. The molecule has 0 saturated carbocycles. The van der Waals surface area contributed by atoms with Gasteiger partial charge in [0.05, 0.1) is 42.1 Å². The van der Waals surface area contributed by atoms with E-state index < -0.39 is 0 Å². The number of nitrogens with zero attached hydrogens (tertiary/aromatic N) is 2. The zero-order valence-corrected chi connectivity index (χ0v) is 22.8. The second-order valence-corrected chi connectivity index (χ2v) is 9.71. The van der Waals surface area contributed by atoms with Crippen LogP contribution in [0.15, 0.2) is 47.8 Å². The maximum atomic E-state index is 13.2. The Kier molecular flexibility index (Phi) is 9.53. The fourth-order valence-corrected chi connectivity index (χ4v) is 5.08. The number of nitrogens with one attached hydrogen (secondary N) is 2. The number of hydrogen-bond acceptors (Lipinski definition) is 7. The molecule has 4 aromatic rings. The molecule has 9 heteroatoms. The van der Waals surface area contributed by atoms with E-state index in [4.69, 9.17) is 9.47 Å². The first kappa shape index (κ1) is 27.4. The van der Waals surface area contributed by atoms with Crippen LogP contribution >= 0.6 is 11.3 Å². The van der Waals surface area contributed by atoms with E-state index in [9.17, 15) is 9.90 Å². The van der Waals surface area contributed by atoms with E-state index in [1.165, 1.54) is 11.3 Å². The summed E-state index contributed by atoms with van der Waals surface area (Å²) in [7, 11) is 1.57. The Balaban J connectivity index is 1.62. The number of aromatic amines is 1. The van der Waals surface area contributed by atoms with Gasteiger partial charge >= 0.3 is 0 Å². The Morgan fingerprint density at radius 3 is 2.76 bits per heavy atom. The summed E-state index contributed by atoms with van der Waals surface area (Å²) in [6.07, 6.45) is 4.63. The van der Waals surface area contributed by atoms with Gasteiger partial charge in [-0.2, -0.15) is 5.10 Å². The van der Waals surface area contributed by atoms with Crippen LogP contribution in [0.5, 0.6) is 11.5 Å². The van der Waals surface area contributed by atoms with Crippen molar-refractivity contribution in [3.63, 3.8) is 0 Å². The summed E-state index contributed by atoms with van der Waals surface area (Å²) in [6, 6.07) is 13.6. The van der Waals surface area contributed by atoms with E-state index >= 15 is 0 Å². The summed E-state index contributed by atoms with van der Waals surface area (Å²) >= 11 is 1.40. The van der Waals surface area contributed by atoms with E-state index in [0.29, 0.717) is 35.2 Å². The number of para-hydroxylation sites is 1. The number of carbonyl (C=O) groups excluding carboxylic acids is 1. The van der Waals surface area contributed by atoms with Crippen molar-refractivity contribution in [3.8, 4) is 11.5 Å². The molecular weight excluding hydrogens is 500 g/mol. The van der Waals surface area contributed by atoms with Crippen LogP contribution in [-0.2, 0) is 0 Å². The van der Waals surface area contributed by atoms with Gasteiger partial charge in [-0.15, -0.1) is 11.3 Å². The molecular formula is C29H34N4O4S. The number of benzene rings is 2. The van der Waals surface area contributed by atoms with Crippen molar-refractivity contribution in [1.82, 2.24) is 15.1 Å². The number of thiophene rings is 1. The number of likely N-dealkylation sites (N-methyl/N-ethyl adjacent to an activating group) is 1. The number of aliphatic hydroxyl groups is 1. The first-order valence-corrected chi connectivity index (χ1v) is 13.6. The Morgan fingerprint density at radius 1 is 1.18 bits per heavy atom. The number of aromatic nitrogens is 2. The van der Waals surface area contributed by atoms with E-state index in [1.54, 1.807) is 7.11 Å². The molecule has 2 aromatic heterocycles. The maximum absolute atomic E-state index is 13.2. The van der Waals surface area contributed by atoms with Gasteiger partial charge in [0.15, 0.2) is 11.5 Å². The highest BCUT2D eigenvalue weighted by Gasteiger charge is 2.19. The lowest BCUT2D eigenvalue weighted by Crippen LogP contribution is -2.28. The van der Waals surface area contributed by atoms with Crippen molar-refractivity contribution in [2.45, 2.75) is 20.3 Å². The van der Waals surface area contributed by atoms with Gasteiger partial charge in [0, 0.05) is 24.0 Å². The fourth-order valence-electron chi connectivity index (χ4n) is 4.26. The van der Waals surface area contributed by atoms with Gasteiger partial charge in [-0.3, -0.25) is 9.89 Å². The normalized spacial score (nSPS) is 11.5. The smallest absolute Gasteiger partial charge is 0.266 e. The number of ether oxygens (including phenoxy) is 2. The minimum atomic E-state index is -0.199. The number of H-pyrrole nitrogens is 1. The van der Waals surface area contributed by atoms with Crippen LogP contribution in [-0.4, -0.2) is 66.1 Å². The molecule has 1 amide bonds. The highest BCUT2D eigenvalue weighted by molar-refractivity contribution is 7.12. The predicted molar refractivity (Wildman–Crippen MR) is 154 cm³/mol. The number of amides is 1. The van der Waals surface area contributed by atoms with E-state index in [-0.39, 0.29) is 12.5 Å². The maximum Gasteiger partial charge on any atom is 0.266 e. The summed E-state index contributed by atoms with van der Waals surface area (Å²) in [6.45, 7) is 6.93. The SMILES string of the molecule is CCN(CCO)CCCOc1ccc(/C=C/c2n[nH]c3ccccc23)c(NC(=O)c2sccc2C)c1OC. The van der Waals surface area contributed by atoms with Crippen molar-refractivity contribution in [3.05, 3.63) is 69.5 Å². The number of anilines is 1. The Labute approximate surface area is 226 Å². The van der Waals surface area contributed by atoms with E-state index in [0.717, 1.165) is 47.2 Å². The van der Waals surface area contributed by atoms with Gasteiger partial charge in [0.25, 0.3) is 5.91 Å². The van der Waals surface area contributed by atoms with Crippen molar-refractivity contribution < 1.29 is 19.4 Å². The zero-order chi connectivity index (χ0) is 26.9. The van der Waals surface area contributed by atoms with Gasteiger partial charge in [-0.05, 0) is 61.2 Å². The zero-order valence-electron chi connectivity index (χ0n) is 22.0. The lowest BCUT2D eigenvalue weighted by Gasteiger charge is -2.20. The predicted octanol–water partition coefficient (Wildman–Crippen LogP) is 5.45. The summed E-state index contributed by atoms with van der Waals surface area (Å²) in [4.78, 5) is 16.0. The molecule has 0 unspecified atom stereocenters. The number of methoxy groups -OCH3 is 1. The lowest BCUT2D eigenvalue weighted by atomic mass is 10.1. The minimum absolute atomic E-state index is 0.137. The van der Waals surface area contributed by atoms with Gasteiger partial charge in [0.2, 0.25) is 0 Å². The van der Waals surface area contributed by atoms with E-state index in [1.807, 2.05) is 66.9 Å². The second kappa shape index (κ2) is 13.2. The van der Waals surface area contributed by atoms with Crippen LogP contribution in [0.3, 0.4) is 0 Å². The summed E-state index contributed by atoms with van der Waals surface area (Å²) < 4.78 is 11.9. The lowest BCUT2D eigenvalue weighted by molar-refractivity contribution is 0.102. The molecule has 0 bridgehead atoms. The van der Waals surface area contributed by atoms with Gasteiger partial charge in [-0.25, -0.2) is 0 Å². The molecule has 0 fully saturated rings. The second-order valence-electron chi connectivity index (χ2n) is 8.80. The molecule has 200 valence electrons. The minimum Gasteiger partial charge on any atom is -0.491 e. The molecule has 2 heterocycles. The number of aliphatic hydroxyl groups excluding tert-OH is 1. The van der Waals surface area contributed by atoms with Gasteiger partial charge in [-0.1, -0.05) is 31.2 Å². The van der Waals surface area contributed by atoms with Gasteiger partial charge in [0.1, 0.15) is 0 Å². The van der Waals surface area contributed by atoms with Crippen LogP contribution < -0.4 is 14.8 Å². The molecule has 0 aliphatic heterocycles. The van der Waals surface area contributed by atoms with Crippen LogP contribution in [0.1, 0.15) is 39.8 Å². The highest BCUT2D eigenvalue weighted by Crippen LogP contribution is 2.40. The molecule has 0 aliphatic rings. The molecule has 3 N–H and O–H groups in total. The quantitative estimate of drug-likeness (QED) is 0.197. The van der Waals surface area contributed by atoms with Crippen molar-refractivity contribution >= 4 is 46.0 Å². The van der Waals surface area contributed by atoms with Crippen molar-refractivity contribution in [1.29, 1.82) is 0 Å². The highest BCUT2D eigenvalue weighted by atomic mass is 32.1. The number of aryl methyl sites for hydroxylation is 1. The fraction of sp³-hybridized carbons (Fsp3) is 0.310. The summed E-state index contributed by atoms with van der Waals surface area (Å²) in [5.41, 5.74) is 3.98. The Bertz CT molecular complexity index is 1390. The largest absolute Gasteiger partial charge is 0.491 e. The number of hydrogen-bond donors (Lipinski definition) is 3. The number of fused-ring (bicyclic) bond motifs is 1. The molecule has 8 nitrogen and oxygen atoms in total. The standard InChI is InChI=1S/C29H34N4O4S/c1-4-33(16-17-34)15-7-18-37-25-13-11-21(10-12-24-22-8-5-6-9-23(22)31-32-24)26(27(25)36-3)30-29(35)28-20(2)14-19-38-28/h5-6,8-14,19,34H,4,7,15-18H2,1-3H3,(H,30,35)(H,31,32)/b12-10+. The van der Waals surface area contributed by atoms with Crippen LogP contribution in [0.2, 0.25) is 0 Å². The molecule has 0 saturated heterocycles. The number of carbonyl (C=O) groups is 1. The Morgan fingerprint density at radius 2 is 2.03 bits per heavy atom. The summed E-state index contributed by atoms with van der Waals surface area (Å²) in [5.74, 6) is 0.818. The average Bonchev–Trinajstić information content (AvgIpc) is 3.55. The van der Waals surface area contributed by atoms with Crippen LogP contribution in [0.25, 0.3) is 23.1 Å². The Hall–Kier alpha value is -3.66. The van der Waals surface area contributed by atoms with Gasteiger partial charge < -0.3 is 24.8 Å². The van der Waals surface area contributed by atoms with E-state index in [2.05, 4.69) is 27.3 Å². The topological polar surface area (TPSA) is 99.7 Å². The first-order chi connectivity index (χ1) is 18.5. The molecule has 0 aliphatic carbocycles. The third-order valence-corrected chi connectivity index (χ3v) is 7.34. The molecule has 0 radical (unpaired) electrons. The monoisotopic (exact) mass is 534 g/mol. The first-order valence-electron chi connectivity index (χ1n) is 12.7. The average molecular weight is 535 g/mol. The van der Waals surface area contributed by atoms with Crippen molar-refractivity contribution in [2.75, 3.05) is 45.3 Å². The summed E-state index contributed by atoms with van der Waals surface area (Å²) in [5, 5.41) is 22.7. The van der Waals surface area contributed by atoms with Crippen LogP contribution in [0, 0.1) is 6.92 Å². The molecule has 0 spiro atoms. The molecule has 38 heavy (non-hydrogen) atoms. The van der Waals surface area contributed by atoms with Crippen molar-refractivity contribution in [2.24, 2.45) is 0 Å².